The molecule has 2 bridgehead atoms. The third-order valence-corrected chi connectivity index (χ3v) is 6.91. The average molecular weight is 404 g/mol. The highest BCUT2D eigenvalue weighted by Crippen LogP contribution is 2.43. The fourth-order valence-corrected chi connectivity index (χ4v) is 5.47. The number of carbonyl (C=O) groups excluding carboxylic acids is 1. The standard InChI is InChI=1S/C25H29N3O2/c1-17(2)9-11-22-19-14-18(21-7-5-8-24(29)28(21)22)15-26(16-19)25(30)23-12-10-20-6-3-4-13-27(20)23/h3-8,10,12-13,17-19,22H,9,11,14-16H2,1-2H3/t18-,19+,22+/m1/s1. The molecule has 0 saturated carbocycles. The van der Waals surface area contributed by atoms with E-state index in [4.69, 9.17) is 0 Å². The van der Waals surface area contributed by atoms with E-state index in [0.29, 0.717) is 18.4 Å². The molecule has 1 fully saturated rings. The molecule has 2 aliphatic rings. The maximum atomic E-state index is 13.5. The average Bonchev–Trinajstić information content (AvgIpc) is 3.17. The minimum atomic E-state index is 0.0882. The van der Waals surface area contributed by atoms with Crippen LogP contribution < -0.4 is 5.56 Å². The third-order valence-electron chi connectivity index (χ3n) is 6.91. The first-order valence-electron chi connectivity index (χ1n) is 11.1. The number of fused-ring (bicyclic) bond motifs is 5. The van der Waals surface area contributed by atoms with Crippen LogP contribution in [0.15, 0.2) is 59.5 Å². The topological polar surface area (TPSA) is 46.7 Å². The van der Waals surface area contributed by atoms with Crippen molar-refractivity contribution in [3.8, 4) is 0 Å². The maximum Gasteiger partial charge on any atom is 0.270 e. The van der Waals surface area contributed by atoms with E-state index in [9.17, 15) is 9.59 Å². The minimum absolute atomic E-state index is 0.0882. The van der Waals surface area contributed by atoms with Crippen molar-refractivity contribution in [2.24, 2.45) is 11.8 Å². The second-order valence-electron chi connectivity index (χ2n) is 9.31. The summed E-state index contributed by atoms with van der Waals surface area (Å²) in [6.07, 6.45) is 5.09. The molecule has 3 aromatic heterocycles. The summed E-state index contributed by atoms with van der Waals surface area (Å²) < 4.78 is 4.02. The van der Waals surface area contributed by atoms with Crippen LogP contribution in [0.25, 0.3) is 5.52 Å². The van der Waals surface area contributed by atoms with Crippen molar-refractivity contribution < 1.29 is 4.79 Å². The first-order chi connectivity index (χ1) is 14.5. The highest BCUT2D eigenvalue weighted by Gasteiger charge is 2.41. The van der Waals surface area contributed by atoms with E-state index in [1.807, 2.05) is 51.9 Å². The van der Waals surface area contributed by atoms with Crippen LogP contribution in [0.2, 0.25) is 0 Å². The molecule has 2 aliphatic heterocycles. The van der Waals surface area contributed by atoms with E-state index < -0.39 is 0 Å². The summed E-state index contributed by atoms with van der Waals surface area (Å²) in [6.45, 7) is 5.86. The number of likely N-dealkylation sites (tertiary alicyclic amines) is 1. The lowest BCUT2D eigenvalue weighted by Gasteiger charge is -2.47. The summed E-state index contributed by atoms with van der Waals surface area (Å²) in [6, 6.07) is 15.7. The number of hydrogen-bond donors (Lipinski definition) is 0. The van der Waals surface area contributed by atoms with Gasteiger partial charge in [0.2, 0.25) is 0 Å². The van der Waals surface area contributed by atoms with Gasteiger partial charge in [-0.25, -0.2) is 0 Å². The van der Waals surface area contributed by atoms with Crippen LogP contribution in [0.4, 0.5) is 0 Å². The van der Waals surface area contributed by atoms with Gasteiger partial charge < -0.3 is 13.9 Å². The van der Waals surface area contributed by atoms with E-state index in [0.717, 1.165) is 42.7 Å². The van der Waals surface area contributed by atoms with Crippen molar-refractivity contribution in [2.75, 3.05) is 13.1 Å². The van der Waals surface area contributed by atoms with Gasteiger partial charge in [-0.15, -0.1) is 0 Å². The predicted octanol–water partition coefficient (Wildman–Crippen LogP) is 4.34. The second kappa shape index (κ2) is 7.46. The zero-order valence-corrected chi connectivity index (χ0v) is 17.7. The van der Waals surface area contributed by atoms with Crippen LogP contribution in [-0.4, -0.2) is 32.9 Å². The number of hydrogen-bond acceptors (Lipinski definition) is 2. The van der Waals surface area contributed by atoms with Crippen LogP contribution in [0.1, 0.15) is 61.3 Å². The number of rotatable bonds is 4. The van der Waals surface area contributed by atoms with Gasteiger partial charge in [0.15, 0.2) is 0 Å². The highest BCUT2D eigenvalue weighted by molar-refractivity contribution is 5.94. The van der Waals surface area contributed by atoms with E-state index in [1.165, 1.54) is 0 Å². The lowest BCUT2D eigenvalue weighted by atomic mass is 9.76. The molecular weight excluding hydrogens is 374 g/mol. The number of carbonyl (C=O) groups is 1. The van der Waals surface area contributed by atoms with Crippen molar-refractivity contribution in [3.63, 3.8) is 0 Å². The Morgan fingerprint density at radius 1 is 1.07 bits per heavy atom. The maximum absolute atomic E-state index is 13.5. The molecule has 3 aromatic rings. The van der Waals surface area contributed by atoms with E-state index in [1.54, 1.807) is 6.07 Å². The fourth-order valence-electron chi connectivity index (χ4n) is 5.47. The Morgan fingerprint density at radius 2 is 1.93 bits per heavy atom. The highest BCUT2D eigenvalue weighted by atomic mass is 16.2. The van der Waals surface area contributed by atoms with Crippen LogP contribution in [0.5, 0.6) is 0 Å². The van der Waals surface area contributed by atoms with Crippen LogP contribution in [0.3, 0.4) is 0 Å². The van der Waals surface area contributed by atoms with Crippen molar-refractivity contribution in [1.82, 2.24) is 13.9 Å². The van der Waals surface area contributed by atoms with Gasteiger partial charge in [-0.2, -0.15) is 0 Å². The summed E-state index contributed by atoms with van der Waals surface area (Å²) in [5.74, 6) is 1.23. The Kier molecular flexibility index (Phi) is 4.76. The summed E-state index contributed by atoms with van der Waals surface area (Å²) in [5.41, 5.74) is 2.96. The van der Waals surface area contributed by atoms with Gasteiger partial charge in [0, 0.05) is 48.5 Å². The Balaban J connectivity index is 1.49. The summed E-state index contributed by atoms with van der Waals surface area (Å²) in [7, 11) is 0. The molecule has 0 N–H and O–H groups in total. The molecule has 30 heavy (non-hydrogen) atoms. The molecule has 0 aromatic carbocycles. The van der Waals surface area contributed by atoms with E-state index >= 15 is 0 Å². The Morgan fingerprint density at radius 3 is 2.77 bits per heavy atom. The monoisotopic (exact) mass is 403 g/mol. The van der Waals surface area contributed by atoms with Crippen LogP contribution >= 0.6 is 0 Å². The smallest absolute Gasteiger partial charge is 0.270 e. The first kappa shape index (κ1) is 19.2. The molecular formula is C25H29N3O2. The molecule has 156 valence electrons. The summed E-state index contributed by atoms with van der Waals surface area (Å²) >= 11 is 0. The van der Waals surface area contributed by atoms with E-state index in [2.05, 4.69) is 24.5 Å². The molecule has 5 heteroatoms. The number of pyridine rings is 2. The Bertz CT molecular complexity index is 1140. The molecule has 1 saturated heterocycles. The molecule has 5 nitrogen and oxygen atoms in total. The zero-order valence-electron chi connectivity index (χ0n) is 17.7. The summed E-state index contributed by atoms with van der Waals surface area (Å²) in [4.78, 5) is 28.3. The van der Waals surface area contributed by atoms with Crippen molar-refractivity contribution in [3.05, 3.63) is 76.5 Å². The second-order valence-corrected chi connectivity index (χ2v) is 9.31. The van der Waals surface area contributed by atoms with Gasteiger partial charge in [-0.05, 0) is 61.4 Å². The number of amides is 1. The predicted molar refractivity (Wildman–Crippen MR) is 118 cm³/mol. The third kappa shape index (κ3) is 3.17. The lowest BCUT2D eigenvalue weighted by molar-refractivity contribution is 0.0507. The molecule has 1 amide bonds. The van der Waals surface area contributed by atoms with Crippen molar-refractivity contribution >= 4 is 11.4 Å². The molecule has 5 heterocycles. The fraction of sp³-hybridized carbons (Fsp3) is 0.440. The van der Waals surface area contributed by atoms with Gasteiger partial charge in [-0.1, -0.05) is 26.0 Å². The zero-order chi connectivity index (χ0) is 20.8. The number of nitrogens with zero attached hydrogens (tertiary/aromatic N) is 3. The van der Waals surface area contributed by atoms with Gasteiger partial charge >= 0.3 is 0 Å². The van der Waals surface area contributed by atoms with Crippen molar-refractivity contribution in [1.29, 1.82) is 0 Å². The molecule has 5 rings (SSSR count). The SMILES string of the molecule is CC(C)CC[C@H]1[C@H]2C[C@H](CN(C(=O)c3ccc4ccccn34)C2)c2cccc(=O)n21. The largest absolute Gasteiger partial charge is 0.336 e. The molecule has 3 atom stereocenters. The first-order valence-corrected chi connectivity index (χ1v) is 11.1. The Labute approximate surface area is 176 Å². The van der Waals surface area contributed by atoms with Crippen LogP contribution in [-0.2, 0) is 0 Å². The summed E-state index contributed by atoms with van der Waals surface area (Å²) in [5, 5.41) is 0. The Hall–Kier alpha value is -2.82. The normalized spacial score (nSPS) is 23.0. The molecule has 0 spiro atoms. The minimum Gasteiger partial charge on any atom is -0.336 e. The van der Waals surface area contributed by atoms with Gasteiger partial charge in [0.05, 0.1) is 0 Å². The molecule has 0 unspecified atom stereocenters. The molecule has 0 radical (unpaired) electrons. The molecule has 0 aliphatic carbocycles. The van der Waals surface area contributed by atoms with Crippen LogP contribution in [0, 0.1) is 11.8 Å². The van der Waals surface area contributed by atoms with Gasteiger partial charge in [-0.3, -0.25) is 9.59 Å². The van der Waals surface area contributed by atoms with E-state index in [-0.39, 0.29) is 23.4 Å². The number of aromatic nitrogens is 2. The lowest BCUT2D eigenvalue weighted by Crippen LogP contribution is -2.51. The van der Waals surface area contributed by atoms with Crippen molar-refractivity contribution in [2.45, 2.75) is 45.1 Å². The number of piperidine rings is 1. The van der Waals surface area contributed by atoms with Gasteiger partial charge in [0.25, 0.3) is 11.5 Å². The quantitative estimate of drug-likeness (QED) is 0.651. The van der Waals surface area contributed by atoms with Gasteiger partial charge in [0.1, 0.15) is 5.69 Å².